The van der Waals surface area contributed by atoms with E-state index in [-0.39, 0.29) is 17.7 Å². The number of ether oxygens (including phenoxy) is 1. The van der Waals surface area contributed by atoms with Gasteiger partial charge in [-0.15, -0.1) is 0 Å². The van der Waals surface area contributed by atoms with Gasteiger partial charge in [-0.1, -0.05) is 6.07 Å². The smallest absolute Gasteiger partial charge is 0.332 e. The van der Waals surface area contributed by atoms with Crippen LogP contribution in [0.15, 0.2) is 34.1 Å². The second kappa shape index (κ2) is 6.53. The number of pyridine rings is 1. The molecular formula is C17H19N5O3. The van der Waals surface area contributed by atoms with Gasteiger partial charge in [0, 0.05) is 45.7 Å². The van der Waals surface area contributed by atoms with E-state index in [2.05, 4.69) is 4.98 Å². The summed E-state index contributed by atoms with van der Waals surface area (Å²) in [5.41, 5.74) is -0.194. The normalized spacial score (nSPS) is 19.6. The van der Waals surface area contributed by atoms with Crippen molar-refractivity contribution in [2.45, 2.75) is 18.6 Å². The minimum atomic E-state index is -0.593. The van der Waals surface area contributed by atoms with Crippen LogP contribution in [0.2, 0.25) is 0 Å². The van der Waals surface area contributed by atoms with E-state index in [0.717, 1.165) is 10.1 Å². The third kappa shape index (κ3) is 2.72. The number of aromatic nitrogens is 3. The lowest BCUT2D eigenvalue weighted by atomic mass is 10.0. The summed E-state index contributed by atoms with van der Waals surface area (Å²) in [6, 6.07) is 5.59. The summed E-state index contributed by atoms with van der Waals surface area (Å²) < 4.78 is 8.13. The Bertz CT molecular complexity index is 942. The van der Waals surface area contributed by atoms with Crippen LogP contribution in [0.5, 0.6) is 0 Å². The lowest BCUT2D eigenvalue weighted by Crippen LogP contribution is -2.44. The van der Waals surface area contributed by atoms with Crippen molar-refractivity contribution in [2.75, 3.05) is 18.6 Å². The molecule has 2 aromatic rings. The number of anilines is 1. The topological polar surface area (TPSA) is 93.2 Å². The summed E-state index contributed by atoms with van der Waals surface area (Å²) >= 11 is 0. The van der Waals surface area contributed by atoms with E-state index in [1.807, 2.05) is 18.2 Å². The second-order valence-corrected chi connectivity index (χ2v) is 6.06. The number of nitriles is 1. The molecule has 8 heteroatoms. The maximum Gasteiger partial charge on any atom is 0.332 e. The number of nitrogens with zero attached hydrogens (tertiary/aromatic N) is 5. The van der Waals surface area contributed by atoms with E-state index in [0.29, 0.717) is 18.8 Å². The Hall–Kier alpha value is -2.92. The van der Waals surface area contributed by atoms with E-state index in [1.165, 1.54) is 11.6 Å². The van der Waals surface area contributed by atoms with Crippen molar-refractivity contribution < 1.29 is 4.74 Å². The van der Waals surface area contributed by atoms with E-state index in [9.17, 15) is 14.9 Å². The fraction of sp³-hybridized carbons (Fsp3) is 0.412. The molecule has 25 heavy (non-hydrogen) atoms. The number of likely N-dealkylation sites (N-methyl/N-ethyl adjacent to an activating group) is 1. The highest BCUT2D eigenvalue weighted by Crippen LogP contribution is 2.34. The SMILES string of the molecule is CN(c1c(C#N)c(=O)n(C)c(=O)n1C)[C@H]1CCO[C@@H]1c1cccnc1. The molecule has 1 aliphatic rings. The molecule has 0 radical (unpaired) electrons. The minimum Gasteiger partial charge on any atom is -0.371 e. The van der Waals surface area contributed by atoms with Gasteiger partial charge < -0.3 is 9.64 Å². The molecule has 8 nitrogen and oxygen atoms in total. The molecule has 2 atom stereocenters. The fourth-order valence-electron chi connectivity index (χ4n) is 3.34. The van der Waals surface area contributed by atoms with Gasteiger partial charge >= 0.3 is 5.69 Å². The van der Waals surface area contributed by atoms with E-state index >= 15 is 0 Å². The molecule has 0 saturated carbocycles. The molecule has 0 bridgehead atoms. The Labute approximate surface area is 144 Å². The van der Waals surface area contributed by atoms with E-state index < -0.39 is 11.2 Å². The first-order valence-electron chi connectivity index (χ1n) is 7.91. The zero-order valence-corrected chi connectivity index (χ0v) is 14.3. The minimum absolute atomic E-state index is 0.0519. The van der Waals surface area contributed by atoms with Crippen molar-refractivity contribution in [2.24, 2.45) is 14.1 Å². The Morgan fingerprint density at radius 3 is 2.76 bits per heavy atom. The third-order valence-corrected chi connectivity index (χ3v) is 4.65. The zero-order valence-electron chi connectivity index (χ0n) is 14.3. The molecular weight excluding hydrogens is 322 g/mol. The van der Waals surface area contributed by atoms with E-state index in [1.54, 1.807) is 31.4 Å². The van der Waals surface area contributed by atoms with Gasteiger partial charge in [-0.05, 0) is 12.5 Å². The first-order valence-corrected chi connectivity index (χ1v) is 7.91. The summed E-state index contributed by atoms with van der Waals surface area (Å²) in [6.07, 6.45) is 3.90. The van der Waals surface area contributed by atoms with Gasteiger partial charge in [0.1, 0.15) is 18.0 Å². The van der Waals surface area contributed by atoms with Crippen LogP contribution in [-0.4, -0.2) is 33.8 Å². The molecule has 130 valence electrons. The number of hydrogen-bond acceptors (Lipinski definition) is 6. The Morgan fingerprint density at radius 1 is 1.36 bits per heavy atom. The van der Waals surface area contributed by atoms with Crippen LogP contribution in [-0.2, 0) is 18.8 Å². The van der Waals surface area contributed by atoms with Crippen LogP contribution in [0.25, 0.3) is 0 Å². The summed E-state index contributed by atoms with van der Waals surface area (Å²) in [5, 5.41) is 9.47. The summed E-state index contributed by atoms with van der Waals surface area (Å²) in [5.74, 6) is 0.306. The summed E-state index contributed by atoms with van der Waals surface area (Å²) in [6.45, 7) is 0.551. The van der Waals surface area contributed by atoms with Gasteiger partial charge in [0.2, 0.25) is 0 Å². The molecule has 2 aromatic heterocycles. The van der Waals surface area contributed by atoms with Crippen molar-refractivity contribution >= 4 is 5.82 Å². The predicted octanol–water partition coefficient (Wildman–Crippen LogP) is 0.317. The van der Waals surface area contributed by atoms with Crippen LogP contribution in [0, 0.1) is 11.3 Å². The van der Waals surface area contributed by atoms with Gasteiger partial charge in [0.15, 0.2) is 5.56 Å². The molecule has 0 spiro atoms. The summed E-state index contributed by atoms with van der Waals surface area (Å²) in [4.78, 5) is 30.5. The van der Waals surface area contributed by atoms with Gasteiger partial charge in [-0.3, -0.25) is 18.9 Å². The average Bonchev–Trinajstić information content (AvgIpc) is 3.12. The molecule has 1 fully saturated rings. The lowest BCUT2D eigenvalue weighted by Gasteiger charge is -2.32. The molecule has 0 N–H and O–H groups in total. The first-order chi connectivity index (χ1) is 12.0. The lowest BCUT2D eigenvalue weighted by molar-refractivity contribution is 0.104. The molecule has 1 aliphatic heterocycles. The van der Waals surface area contributed by atoms with Crippen LogP contribution in [0.3, 0.4) is 0 Å². The Balaban J connectivity index is 2.10. The Morgan fingerprint density at radius 2 is 2.12 bits per heavy atom. The largest absolute Gasteiger partial charge is 0.371 e. The summed E-state index contributed by atoms with van der Waals surface area (Å²) in [7, 11) is 4.70. The highest BCUT2D eigenvalue weighted by Gasteiger charge is 2.35. The molecule has 0 aliphatic carbocycles. The number of rotatable bonds is 3. The van der Waals surface area contributed by atoms with Crippen LogP contribution < -0.4 is 16.1 Å². The standard InChI is InChI=1S/C17H19N5O3/c1-20(13-6-8-25-14(13)11-5-4-7-19-10-11)15-12(9-18)16(23)22(3)17(24)21(15)2/h4-5,7,10,13-14H,6,8H2,1-3H3/t13-,14+/m0/s1. The maximum atomic E-state index is 12.3. The van der Waals surface area contributed by atoms with Gasteiger partial charge in [0.25, 0.3) is 5.56 Å². The van der Waals surface area contributed by atoms with Gasteiger partial charge in [-0.25, -0.2) is 4.79 Å². The maximum absolute atomic E-state index is 12.3. The Kier molecular flexibility index (Phi) is 4.42. The molecule has 0 aromatic carbocycles. The molecule has 0 amide bonds. The molecule has 3 heterocycles. The predicted molar refractivity (Wildman–Crippen MR) is 91.4 cm³/mol. The van der Waals surface area contributed by atoms with Crippen molar-refractivity contribution in [1.29, 1.82) is 5.26 Å². The van der Waals surface area contributed by atoms with E-state index in [4.69, 9.17) is 4.74 Å². The zero-order chi connectivity index (χ0) is 18.1. The monoisotopic (exact) mass is 341 g/mol. The second-order valence-electron chi connectivity index (χ2n) is 6.06. The molecule has 1 saturated heterocycles. The van der Waals surface area contributed by atoms with Crippen molar-refractivity contribution in [1.82, 2.24) is 14.1 Å². The quantitative estimate of drug-likeness (QED) is 0.798. The fourth-order valence-corrected chi connectivity index (χ4v) is 3.34. The number of hydrogen-bond donors (Lipinski definition) is 0. The van der Waals surface area contributed by atoms with Crippen molar-refractivity contribution in [3.8, 4) is 6.07 Å². The van der Waals surface area contributed by atoms with Crippen LogP contribution >= 0.6 is 0 Å². The third-order valence-electron chi connectivity index (χ3n) is 4.65. The highest BCUT2D eigenvalue weighted by molar-refractivity contribution is 5.54. The molecule has 3 rings (SSSR count). The first kappa shape index (κ1) is 16.9. The highest BCUT2D eigenvalue weighted by atomic mass is 16.5. The van der Waals surface area contributed by atoms with Gasteiger partial charge in [-0.2, -0.15) is 5.26 Å². The van der Waals surface area contributed by atoms with Gasteiger partial charge in [0.05, 0.1) is 6.04 Å². The molecule has 0 unspecified atom stereocenters. The van der Waals surface area contributed by atoms with Crippen LogP contribution in [0.1, 0.15) is 23.7 Å². The van der Waals surface area contributed by atoms with Crippen molar-refractivity contribution in [3.05, 3.63) is 56.5 Å². The van der Waals surface area contributed by atoms with Crippen molar-refractivity contribution in [3.63, 3.8) is 0 Å². The van der Waals surface area contributed by atoms with Crippen LogP contribution in [0.4, 0.5) is 5.82 Å². The average molecular weight is 341 g/mol.